The lowest BCUT2D eigenvalue weighted by atomic mass is 10.2. The monoisotopic (exact) mass is 281 g/mol. The zero-order valence-corrected chi connectivity index (χ0v) is 12.0. The SMILES string of the molecule is COC(=O)C(Sc1nnc2n1CCCCC2)C1CC1. The highest BCUT2D eigenvalue weighted by Gasteiger charge is 2.39. The van der Waals surface area contributed by atoms with Crippen LogP contribution in [0.3, 0.4) is 0 Å². The zero-order valence-electron chi connectivity index (χ0n) is 11.2. The number of fused-ring (bicyclic) bond motifs is 1. The van der Waals surface area contributed by atoms with E-state index in [4.69, 9.17) is 4.74 Å². The van der Waals surface area contributed by atoms with Gasteiger partial charge in [0.15, 0.2) is 5.16 Å². The third-order valence-corrected chi connectivity index (χ3v) is 5.14. The molecule has 1 aliphatic heterocycles. The zero-order chi connectivity index (χ0) is 13.2. The highest BCUT2D eigenvalue weighted by atomic mass is 32.2. The first-order valence-corrected chi connectivity index (χ1v) is 7.84. The second kappa shape index (κ2) is 5.53. The van der Waals surface area contributed by atoms with Crippen LogP contribution in [0.15, 0.2) is 5.16 Å². The molecule has 5 nitrogen and oxygen atoms in total. The fraction of sp³-hybridized carbons (Fsp3) is 0.769. The lowest BCUT2D eigenvalue weighted by molar-refractivity contribution is -0.140. The fourth-order valence-electron chi connectivity index (χ4n) is 2.51. The van der Waals surface area contributed by atoms with E-state index in [1.807, 2.05) is 0 Å². The van der Waals surface area contributed by atoms with Gasteiger partial charge in [0, 0.05) is 13.0 Å². The summed E-state index contributed by atoms with van der Waals surface area (Å²) >= 11 is 1.54. The summed E-state index contributed by atoms with van der Waals surface area (Å²) in [4.78, 5) is 11.9. The Kier molecular flexibility index (Phi) is 3.77. The van der Waals surface area contributed by atoms with Crippen molar-refractivity contribution in [2.45, 2.75) is 55.5 Å². The highest BCUT2D eigenvalue weighted by Crippen LogP contribution is 2.42. The molecule has 0 aromatic carbocycles. The Morgan fingerprint density at radius 3 is 2.95 bits per heavy atom. The molecule has 3 rings (SSSR count). The van der Waals surface area contributed by atoms with E-state index in [0.717, 1.165) is 36.8 Å². The van der Waals surface area contributed by atoms with Gasteiger partial charge >= 0.3 is 5.97 Å². The molecule has 1 saturated carbocycles. The van der Waals surface area contributed by atoms with Crippen molar-refractivity contribution >= 4 is 17.7 Å². The summed E-state index contributed by atoms with van der Waals surface area (Å²) < 4.78 is 7.10. The van der Waals surface area contributed by atoms with Crippen LogP contribution < -0.4 is 0 Å². The van der Waals surface area contributed by atoms with Gasteiger partial charge in [0.25, 0.3) is 0 Å². The molecule has 1 aromatic heterocycles. The Morgan fingerprint density at radius 1 is 1.37 bits per heavy atom. The van der Waals surface area contributed by atoms with Gasteiger partial charge in [0.2, 0.25) is 0 Å². The number of esters is 1. The minimum Gasteiger partial charge on any atom is -0.468 e. The van der Waals surface area contributed by atoms with E-state index in [1.165, 1.54) is 38.1 Å². The summed E-state index contributed by atoms with van der Waals surface area (Å²) in [6.07, 6.45) is 6.84. The second-order valence-corrected chi connectivity index (χ2v) is 6.37. The number of rotatable bonds is 4. The number of thioether (sulfide) groups is 1. The molecule has 2 heterocycles. The summed E-state index contributed by atoms with van der Waals surface area (Å²) in [5.74, 6) is 1.40. The second-order valence-electron chi connectivity index (χ2n) is 5.26. The van der Waals surface area contributed by atoms with Crippen LogP contribution in [0.5, 0.6) is 0 Å². The molecule has 1 aromatic rings. The largest absolute Gasteiger partial charge is 0.468 e. The standard InChI is InChI=1S/C13H19N3O2S/c1-18-12(17)11(9-6-7-9)19-13-15-14-10-5-3-2-4-8-16(10)13/h9,11H,2-8H2,1H3. The Bertz CT molecular complexity index is 470. The van der Waals surface area contributed by atoms with Gasteiger partial charge in [-0.2, -0.15) is 0 Å². The molecule has 1 fully saturated rings. The van der Waals surface area contributed by atoms with Gasteiger partial charge in [-0.3, -0.25) is 4.79 Å². The molecule has 1 unspecified atom stereocenters. The van der Waals surface area contributed by atoms with Crippen molar-refractivity contribution in [2.75, 3.05) is 7.11 Å². The third-order valence-electron chi connectivity index (χ3n) is 3.79. The predicted octanol–water partition coefficient (Wildman–Crippen LogP) is 2.05. The molecule has 0 saturated heterocycles. The van der Waals surface area contributed by atoms with Crippen molar-refractivity contribution in [1.82, 2.24) is 14.8 Å². The summed E-state index contributed by atoms with van der Waals surface area (Å²) in [7, 11) is 1.46. The number of methoxy groups -OCH3 is 1. The Balaban J connectivity index is 1.78. The van der Waals surface area contributed by atoms with E-state index in [-0.39, 0.29) is 11.2 Å². The maximum Gasteiger partial charge on any atom is 0.319 e. The minimum atomic E-state index is -0.126. The summed E-state index contributed by atoms with van der Waals surface area (Å²) in [6.45, 7) is 0.975. The van der Waals surface area contributed by atoms with Gasteiger partial charge in [-0.05, 0) is 31.6 Å². The Labute approximate surface area is 117 Å². The van der Waals surface area contributed by atoms with Crippen LogP contribution in [0, 0.1) is 5.92 Å². The number of carbonyl (C=O) groups is 1. The van der Waals surface area contributed by atoms with E-state index < -0.39 is 0 Å². The number of hydrogen-bond donors (Lipinski definition) is 0. The highest BCUT2D eigenvalue weighted by molar-refractivity contribution is 8.00. The summed E-state index contributed by atoms with van der Waals surface area (Å²) in [5.41, 5.74) is 0. The van der Waals surface area contributed by atoms with E-state index in [9.17, 15) is 4.79 Å². The Morgan fingerprint density at radius 2 is 2.21 bits per heavy atom. The lowest BCUT2D eigenvalue weighted by Gasteiger charge is -2.13. The molecule has 0 N–H and O–H groups in total. The summed E-state index contributed by atoms with van der Waals surface area (Å²) in [5, 5.41) is 9.33. The van der Waals surface area contributed by atoms with Gasteiger partial charge in [0.05, 0.1) is 7.11 Å². The number of aryl methyl sites for hydroxylation is 1. The van der Waals surface area contributed by atoms with Gasteiger partial charge in [-0.1, -0.05) is 18.2 Å². The topological polar surface area (TPSA) is 57.0 Å². The van der Waals surface area contributed by atoms with Crippen LogP contribution >= 0.6 is 11.8 Å². The van der Waals surface area contributed by atoms with E-state index in [1.54, 1.807) is 0 Å². The van der Waals surface area contributed by atoms with Crippen molar-refractivity contribution in [2.24, 2.45) is 5.92 Å². The lowest BCUT2D eigenvalue weighted by Crippen LogP contribution is -2.21. The molecule has 19 heavy (non-hydrogen) atoms. The van der Waals surface area contributed by atoms with Crippen molar-refractivity contribution in [1.29, 1.82) is 0 Å². The van der Waals surface area contributed by atoms with E-state index in [2.05, 4.69) is 14.8 Å². The maximum atomic E-state index is 11.9. The molecule has 0 spiro atoms. The molecule has 2 aliphatic rings. The average molecular weight is 281 g/mol. The average Bonchev–Trinajstić information content (AvgIpc) is 3.22. The van der Waals surface area contributed by atoms with E-state index in [0.29, 0.717) is 5.92 Å². The van der Waals surface area contributed by atoms with Crippen LogP contribution in [0.2, 0.25) is 0 Å². The van der Waals surface area contributed by atoms with Gasteiger partial charge in [-0.25, -0.2) is 0 Å². The predicted molar refractivity (Wildman–Crippen MR) is 72.0 cm³/mol. The van der Waals surface area contributed by atoms with Crippen LogP contribution in [-0.2, 0) is 22.5 Å². The first-order chi connectivity index (χ1) is 9.29. The number of aromatic nitrogens is 3. The van der Waals surface area contributed by atoms with Crippen molar-refractivity contribution in [3.63, 3.8) is 0 Å². The number of ether oxygens (including phenoxy) is 1. The number of carbonyl (C=O) groups excluding carboxylic acids is 1. The van der Waals surface area contributed by atoms with Gasteiger partial charge < -0.3 is 9.30 Å². The first-order valence-electron chi connectivity index (χ1n) is 6.96. The molecule has 104 valence electrons. The smallest absolute Gasteiger partial charge is 0.319 e. The van der Waals surface area contributed by atoms with Gasteiger partial charge in [-0.15, -0.1) is 10.2 Å². The first kappa shape index (κ1) is 13.0. The number of hydrogen-bond acceptors (Lipinski definition) is 5. The molecule has 1 aliphatic carbocycles. The molecule has 0 radical (unpaired) electrons. The van der Waals surface area contributed by atoms with Crippen LogP contribution in [0.25, 0.3) is 0 Å². The molecule has 0 amide bonds. The fourth-order valence-corrected chi connectivity index (χ4v) is 3.81. The van der Waals surface area contributed by atoms with Crippen LogP contribution in [0.4, 0.5) is 0 Å². The van der Waals surface area contributed by atoms with Crippen molar-refractivity contribution in [3.05, 3.63) is 5.82 Å². The maximum absolute atomic E-state index is 11.9. The van der Waals surface area contributed by atoms with Crippen LogP contribution in [0.1, 0.15) is 37.9 Å². The third kappa shape index (κ3) is 2.78. The molecular formula is C13H19N3O2S. The number of nitrogens with zero attached hydrogens (tertiary/aromatic N) is 3. The molecule has 1 atom stereocenters. The molecular weight excluding hydrogens is 262 g/mol. The Hall–Kier alpha value is -1.04. The molecule has 6 heteroatoms. The van der Waals surface area contributed by atoms with Gasteiger partial charge in [0.1, 0.15) is 11.1 Å². The normalized spacial score (nSPS) is 20.5. The van der Waals surface area contributed by atoms with Crippen molar-refractivity contribution in [3.8, 4) is 0 Å². The minimum absolute atomic E-state index is 0.110. The van der Waals surface area contributed by atoms with E-state index >= 15 is 0 Å². The molecule has 0 bridgehead atoms. The quantitative estimate of drug-likeness (QED) is 0.624. The van der Waals surface area contributed by atoms with Crippen molar-refractivity contribution < 1.29 is 9.53 Å². The summed E-state index contributed by atoms with van der Waals surface area (Å²) in [6, 6.07) is 0. The van der Waals surface area contributed by atoms with Crippen LogP contribution in [-0.4, -0.2) is 33.1 Å².